The van der Waals surface area contributed by atoms with Crippen molar-refractivity contribution in [3.05, 3.63) is 24.0 Å². The van der Waals surface area contributed by atoms with Gasteiger partial charge in [0, 0.05) is 12.4 Å². The molecule has 0 radical (unpaired) electrons. The van der Waals surface area contributed by atoms with Crippen molar-refractivity contribution in [2.45, 2.75) is 13.8 Å². The SMILES string of the molecule is CC(C)=O.NNc1ccncc1C(N)=O. The molecule has 0 fully saturated rings. The van der Waals surface area contributed by atoms with E-state index in [1.807, 2.05) is 0 Å². The van der Waals surface area contributed by atoms with Gasteiger partial charge < -0.3 is 16.0 Å². The van der Waals surface area contributed by atoms with Gasteiger partial charge in [0.15, 0.2) is 0 Å². The Morgan fingerprint density at radius 2 is 1.93 bits per heavy atom. The van der Waals surface area contributed by atoms with Crippen molar-refractivity contribution in [3.8, 4) is 0 Å². The molecule has 1 amide bonds. The second-order valence-electron chi connectivity index (χ2n) is 2.84. The Bertz CT molecular complexity index is 348. The van der Waals surface area contributed by atoms with E-state index in [0.717, 1.165) is 0 Å². The molecule has 0 saturated carbocycles. The summed E-state index contributed by atoms with van der Waals surface area (Å²) in [5.41, 5.74) is 8.12. The lowest BCUT2D eigenvalue weighted by Crippen LogP contribution is -2.17. The van der Waals surface area contributed by atoms with Gasteiger partial charge in [0.2, 0.25) is 0 Å². The third kappa shape index (κ3) is 5.37. The predicted octanol–water partition coefficient (Wildman–Crippen LogP) is 0.0614. The van der Waals surface area contributed by atoms with E-state index in [9.17, 15) is 9.59 Å². The predicted molar refractivity (Wildman–Crippen MR) is 56.9 cm³/mol. The third-order valence-electron chi connectivity index (χ3n) is 1.24. The van der Waals surface area contributed by atoms with Gasteiger partial charge in [-0.1, -0.05) is 0 Å². The zero-order valence-electron chi connectivity index (χ0n) is 8.65. The van der Waals surface area contributed by atoms with Crippen LogP contribution in [0.2, 0.25) is 0 Å². The molecule has 15 heavy (non-hydrogen) atoms. The number of hydrogen-bond donors (Lipinski definition) is 3. The zero-order valence-corrected chi connectivity index (χ0v) is 8.65. The van der Waals surface area contributed by atoms with Gasteiger partial charge in [0.1, 0.15) is 5.78 Å². The Morgan fingerprint density at radius 1 is 1.40 bits per heavy atom. The topological polar surface area (TPSA) is 111 Å². The first-order chi connectivity index (χ1) is 6.99. The van der Waals surface area contributed by atoms with E-state index in [1.165, 1.54) is 26.2 Å². The fourth-order valence-electron chi connectivity index (χ4n) is 0.717. The number of Topliss-reactive ketones (excluding diaryl/α,β-unsaturated/α-hetero) is 1. The van der Waals surface area contributed by atoms with Crippen molar-refractivity contribution >= 4 is 17.4 Å². The van der Waals surface area contributed by atoms with Gasteiger partial charge in [-0.15, -0.1) is 0 Å². The molecule has 0 aliphatic carbocycles. The van der Waals surface area contributed by atoms with Crippen LogP contribution in [0.25, 0.3) is 0 Å². The van der Waals surface area contributed by atoms with Crippen molar-refractivity contribution in [3.63, 3.8) is 0 Å². The molecule has 0 aliphatic heterocycles. The van der Waals surface area contributed by atoms with Crippen molar-refractivity contribution < 1.29 is 9.59 Å². The lowest BCUT2D eigenvalue weighted by Gasteiger charge is -2.02. The number of primary amides is 1. The number of nitrogens with one attached hydrogen (secondary N) is 1. The van der Waals surface area contributed by atoms with Crippen LogP contribution in [0.15, 0.2) is 18.5 Å². The second-order valence-corrected chi connectivity index (χ2v) is 2.84. The number of carbonyl (C=O) groups excluding carboxylic acids is 2. The highest BCUT2D eigenvalue weighted by Crippen LogP contribution is 2.09. The Balaban J connectivity index is 0.000000423. The normalized spacial score (nSPS) is 8.47. The van der Waals surface area contributed by atoms with Gasteiger partial charge >= 0.3 is 0 Å². The maximum Gasteiger partial charge on any atom is 0.252 e. The van der Waals surface area contributed by atoms with Crippen molar-refractivity contribution in [2.75, 3.05) is 5.43 Å². The molecule has 6 heteroatoms. The Morgan fingerprint density at radius 3 is 2.27 bits per heavy atom. The number of nitrogens with two attached hydrogens (primary N) is 2. The standard InChI is InChI=1S/C6H8N4O.C3H6O/c7-6(11)4-3-9-2-1-5(4)10-8;1-3(2)4/h1-3H,8H2,(H2,7,11)(H,9,10);1-2H3. The largest absolute Gasteiger partial charge is 0.365 e. The summed E-state index contributed by atoms with van der Waals surface area (Å²) in [5.74, 6) is 4.72. The molecule has 1 rings (SSSR count). The van der Waals surface area contributed by atoms with E-state index in [1.54, 1.807) is 6.07 Å². The molecule has 82 valence electrons. The number of aromatic nitrogens is 1. The van der Waals surface area contributed by atoms with Gasteiger partial charge in [-0.25, -0.2) is 0 Å². The van der Waals surface area contributed by atoms with E-state index < -0.39 is 5.91 Å². The summed E-state index contributed by atoms with van der Waals surface area (Å²) in [6.07, 6.45) is 2.87. The molecule has 1 aromatic heterocycles. The summed E-state index contributed by atoms with van der Waals surface area (Å²) in [7, 11) is 0. The molecule has 0 aliphatic rings. The average Bonchev–Trinajstić information content (AvgIpc) is 2.16. The molecule has 0 atom stereocenters. The number of carbonyl (C=O) groups is 2. The molecular formula is C9H14N4O2. The molecule has 1 aromatic rings. The summed E-state index contributed by atoms with van der Waals surface area (Å²) in [6.45, 7) is 3.06. The average molecular weight is 210 g/mol. The molecule has 1 heterocycles. The molecule has 0 aromatic carbocycles. The number of ketones is 1. The number of pyridine rings is 1. The van der Waals surface area contributed by atoms with Gasteiger partial charge in [-0.2, -0.15) is 0 Å². The number of anilines is 1. The van der Waals surface area contributed by atoms with E-state index in [2.05, 4.69) is 10.4 Å². The van der Waals surface area contributed by atoms with Crippen LogP contribution in [0.5, 0.6) is 0 Å². The van der Waals surface area contributed by atoms with Crippen LogP contribution in [0.4, 0.5) is 5.69 Å². The van der Waals surface area contributed by atoms with Crippen LogP contribution in [0, 0.1) is 0 Å². The fourth-order valence-corrected chi connectivity index (χ4v) is 0.717. The van der Waals surface area contributed by atoms with Crippen LogP contribution >= 0.6 is 0 Å². The summed E-state index contributed by atoms with van der Waals surface area (Å²) < 4.78 is 0. The van der Waals surface area contributed by atoms with Crippen molar-refractivity contribution in [1.29, 1.82) is 0 Å². The first-order valence-electron chi connectivity index (χ1n) is 4.16. The number of hydrazine groups is 1. The number of nitrogens with zero attached hydrogens (tertiary/aromatic N) is 1. The lowest BCUT2D eigenvalue weighted by atomic mass is 10.2. The highest BCUT2D eigenvalue weighted by atomic mass is 16.1. The number of nitrogen functional groups attached to an aromatic ring is 1. The Kier molecular flexibility index (Phi) is 5.65. The molecule has 0 unspecified atom stereocenters. The van der Waals surface area contributed by atoms with Gasteiger partial charge in [0.25, 0.3) is 5.91 Å². The van der Waals surface area contributed by atoms with E-state index in [-0.39, 0.29) is 11.3 Å². The van der Waals surface area contributed by atoms with Crippen LogP contribution in [-0.4, -0.2) is 16.7 Å². The maximum absolute atomic E-state index is 10.7. The molecule has 5 N–H and O–H groups in total. The fraction of sp³-hybridized carbons (Fsp3) is 0.222. The van der Waals surface area contributed by atoms with Gasteiger partial charge in [-0.05, 0) is 19.9 Å². The maximum atomic E-state index is 10.7. The van der Waals surface area contributed by atoms with Gasteiger partial charge in [-0.3, -0.25) is 15.6 Å². The summed E-state index contributed by atoms with van der Waals surface area (Å²) in [6, 6.07) is 1.57. The number of rotatable bonds is 2. The lowest BCUT2D eigenvalue weighted by molar-refractivity contribution is -0.114. The minimum atomic E-state index is -0.550. The minimum Gasteiger partial charge on any atom is -0.365 e. The Hall–Kier alpha value is -1.95. The zero-order chi connectivity index (χ0) is 11.8. The number of hydrogen-bond acceptors (Lipinski definition) is 5. The quantitative estimate of drug-likeness (QED) is 0.472. The summed E-state index contributed by atoms with van der Waals surface area (Å²) >= 11 is 0. The van der Waals surface area contributed by atoms with E-state index in [4.69, 9.17) is 11.6 Å². The van der Waals surface area contributed by atoms with E-state index >= 15 is 0 Å². The summed E-state index contributed by atoms with van der Waals surface area (Å²) in [4.78, 5) is 23.8. The molecule has 6 nitrogen and oxygen atoms in total. The highest BCUT2D eigenvalue weighted by molar-refractivity contribution is 5.97. The van der Waals surface area contributed by atoms with Crippen LogP contribution in [0.1, 0.15) is 24.2 Å². The van der Waals surface area contributed by atoms with Crippen LogP contribution in [-0.2, 0) is 4.79 Å². The molecule has 0 spiro atoms. The molecule has 0 bridgehead atoms. The minimum absolute atomic E-state index is 0.167. The van der Waals surface area contributed by atoms with E-state index in [0.29, 0.717) is 5.69 Å². The monoisotopic (exact) mass is 210 g/mol. The van der Waals surface area contributed by atoms with Gasteiger partial charge in [0.05, 0.1) is 11.3 Å². The Labute approximate surface area is 87.6 Å². The van der Waals surface area contributed by atoms with Crippen LogP contribution < -0.4 is 17.0 Å². The highest BCUT2D eigenvalue weighted by Gasteiger charge is 2.04. The molecular weight excluding hydrogens is 196 g/mol. The second kappa shape index (κ2) is 6.50. The first-order valence-corrected chi connectivity index (χ1v) is 4.16. The number of amides is 1. The van der Waals surface area contributed by atoms with Crippen molar-refractivity contribution in [2.24, 2.45) is 11.6 Å². The smallest absolute Gasteiger partial charge is 0.252 e. The third-order valence-corrected chi connectivity index (χ3v) is 1.24. The molecule has 0 saturated heterocycles. The summed E-state index contributed by atoms with van der Waals surface area (Å²) in [5, 5.41) is 0. The van der Waals surface area contributed by atoms with Crippen molar-refractivity contribution in [1.82, 2.24) is 4.98 Å². The first kappa shape index (κ1) is 13.1. The van der Waals surface area contributed by atoms with Crippen LogP contribution in [0.3, 0.4) is 0 Å².